The van der Waals surface area contributed by atoms with Crippen LogP contribution in [0.2, 0.25) is 0 Å². The molecule has 2 saturated heterocycles. The third-order valence-corrected chi connectivity index (χ3v) is 15.3. The average molecular weight is 979 g/mol. The number of amides is 3. The van der Waals surface area contributed by atoms with Crippen LogP contribution in [0.25, 0.3) is 10.4 Å². The van der Waals surface area contributed by atoms with E-state index in [4.69, 9.17) is 9.47 Å². The summed E-state index contributed by atoms with van der Waals surface area (Å²) in [6.07, 6.45) is -0.519. The van der Waals surface area contributed by atoms with Crippen molar-refractivity contribution >= 4 is 34.9 Å². The number of carbonyl (C=O) groups is 3. The number of likely N-dealkylation sites (tertiary alicyclic amines) is 1. The second kappa shape index (κ2) is 21.4. The summed E-state index contributed by atoms with van der Waals surface area (Å²) in [5, 5.41) is 41.0. The van der Waals surface area contributed by atoms with Gasteiger partial charge in [0, 0.05) is 68.4 Å². The van der Waals surface area contributed by atoms with Gasteiger partial charge in [-0.15, -0.1) is 11.3 Å². The van der Waals surface area contributed by atoms with Crippen LogP contribution in [-0.4, -0.2) is 142 Å². The Hall–Kier alpha value is -5.55. The number of aliphatic hydroxyl groups is 2. The SMILES string of the molecule is Cc1nc(OC2C(C)(C)C(NC(=O)c3ccc(N4CCN(CCOCC(=O)N[C@H](C(O)N5C[C@H](O)C[C@H]5C(=O)N[C@@H](C)c5ccc(-c6scnc6C)cc5)C(C)(C)C)CC4)nc3)C2(C)C)ccc1C#N. The summed E-state index contributed by atoms with van der Waals surface area (Å²) < 4.78 is 12.2. The molecule has 1 aromatic carbocycles. The molecule has 0 bridgehead atoms. The van der Waals surface area contributed by atoms with E-state index in [-0.39, 0.29) is 55.5 Å². The van der Waals surface area contributed by atoms with Crippen LogP contribution >= 0.6 is 11.3 Å². The van der Waals surface area contributed by atoms with Crippen molar-refractivity contribution in [1.29, 1.82) is 5.26 Å². The monoisotopic (exact) mass is 979 g/mol. The van der Waals surface area contributed by atoms with E-state index < -0.39 is 40.7 Å². The number of hydrogen-bond donors (Lipinski definition) is 5. The van der Waals surface area contributed by atoms with Gasteiger partial charge in [-0.25, -0.2) is 15.0 Å². The number of nitriles is 1. The number of anilines is 1. The van der Waals surface area contributed by atoms with Gasteiger partial charge < -0.3 is 40.5 Å². The van der Waals surface area contributed by atoms with Crippen LogP contribution in [0, 0.1) is 41.4 Å². The normalized spacial score (nSPS) is 22.5. The summed E-state index contributed by atoms with van der Waals surface area (Å²) in [5.74, 6) is 0.349. The van der Waals surface area contributed by atoms with Crippen molar-refractivity contribution in [2.24, 2.45) is 16.2 Å². The summed E-state index contributed by atoms with van der Waals surface area (Å²) in [6, 6.07) is 15.2. The Morgan fingerprint density at radius 3 is 2.26 bits per heavy atom. The summed E-state index contributed by atoms with van der Waals surface area (Å²) in [6.45, 7) is 23.5. The number of nitrogens with one attached hydrogen (secondary N) is 3. The summed E-state index contributed by atoms with van der Waals surface area (Å²) >= 11 is 1.58. The number of carbonyl (C=O) groups excluding carboxylic acids is 3. The molecule has 0 spiro atoms. The fourth-order valence-electron chi connectivity index (χ4n) is 10.6. The van der Waals surface area contributed by atoms with Crippen LogP contribution in [-0.2, 0) is 14.3 Å². The number of hydrogen-bond acceptors (Lipinski definition) is 15. The molecule has 4 aromatic rings. The van der Waals surface area contributed by atoms with E-state index in [0.717, 1.165) is 53.7 Å². The molecule has 17 nitrogen and oxygen atoms in total. The summed E-state index contributed by atoms with van der Waals surface area (Å²) in [4.78, 5) is 61.1. The number of benzene rings is 1. The van der Waals surface area contributed by atoms with E-state index in [1.54, 1.807) is 47.6 Å². The lowest BCUT2D eigenvalue weighted by molar-refractivity contribution is -0.165. The number of rotatable bonds is 17. The Balaban J connectivity index is 0.830. The van der Waals surface area contributed by atoms with Crippen molar-refractivity contribution in [2.75, 3.05) is 57.4 Å². The Morgan fingerprint density at radius 2 is 1.66 bits per heavy atom. The van der Waals surface area contributed by atoms with Gasteiger partial charge in [0.2, 0.25) is 17.7 Å². The molecular formula is C52H70N10O7S. The van der Waals surface area contributed by atoms with Gasteiger partial charge in [-0.3, -0.25) is 24.2 Å². The van der Waals surface area contributed by atoms with Crippen LogP contribution in [0.5, 0.6) is 5.88 Å². The molecule has 70 heavy (non-hydrogen) atoms. The number of ether oxygens (including phenoxy) is 2. The highest BCUT2D eigenvalue weighted by Gasteiger charge is 2.64. The number of thiazole rings is 1. The lowest BCUT2D eigenvalue weighted by Gasteiger charge is -2.62. The molecule has 5 heterocycles. The third kappa shape index (κ3) is 11.6. The van der Waals surface area contributed by atoms with Crippen LogP contribution in [0.1, 0.15) is 101 Å². The van der Waals surface area contributed by atoms with Gasteiger partial charge in [0.15, 0.2) is 0 Å². The number of β-amino-alcohol motifs (C(OH)–C–C–N with tert-alkyl or cyclic N) is 1. The lowest BCUT2D eigenvalue weighted by Crippen LogP contribution is -2.74. The minimum atomic E-state index is -1.25. The number of pyridine rings is 2. The Labute approximate surface area is 416 Å². The van der Waals surface area contributed by atoms with Crippen LogP contribution in [0.4, 0.5) is 5.82 Å². The van der Waals surface area contributed by atoms with Crippen LogP contribution < -0.4 is 25.6 Å². The quantitative estimate of drug-likeness (QED) is 0.0881. The van der Waals surface area contributed by atoms with Gasteiger partial charge in [-0.1, -0.05) is 72.7 Å². The van der Waals surface area contributed by atoms with Gasteiger partial charge in [-0.2, -0.15) is 5.26 Å². The molecule has 5 N–H and O–H groups in total. The van der Waals surface area contributed by atoms with Gasteiger partial charge >= 0.3 is 0 Å². The van der Waals surface area contributed by atoms with E-state index in [2.05, 4.69) is 74.5 Å². The van der Waals surface area contributed by atoms with E-state index in [1.807, 2.05) is 70.5 Å². The van der Waals surface area contributed by atoms with E-state index >= 15 is 0 Å². The second-order valence-corrected chi connectivity index (χ2v) is 22.1. The van der Waals surface area contributed by atoms with E-state index in [0.29, 0.717) is 35.9 Å². The number of aryl methyl sites for hydroxylation is 2. The molecule has 0 radical (unpaired) electrons. The first kappa shape index (κ1) is 52.3. The number of aliphatic hydroxyl groups excluding tert-OH is 2. The molecule has 376 valence electrons. The third-order valence-electron chi connectivity index (χ3n) is 14.3. The smallest absolute Gasteiger partial charge is 0.253 e. The van der Waals surface area contributed by atoms with Gasteiger partial charge in [0.25, 0.3) is 5.91 Å². The van der Waals surface area contributed by atoms with Crippen molar-refractivity contribution in [2.45, 2.75) is 118 Å². The van der Waals surface area contributed by atoms with Crippen molar-refractivity contribution in [3.63, 3.8) is 0 Å². The predicted octanol–water partition coefficient (Wildman–Crippen LogP) is 5.00. The minimum absolute atomic E-state index is 0.0818. The maximum atomic E-state index is 13.7. The van der Waals surface area contributed by atoms with Crippen molar-refractivity contribution in [3.05, 3.63) is 88.3 Å². The van der Waals surface area contributed by atoms with Gasteiger partial charge in [-0.05, 0) is 61.9 Å². The first-order chi connectivity index (χ1) is 33.1. The zero-order chi connectivity index (χ0) is 50.7. The first-order valence-corrected chi connectivity index (χ1v) is 25.0. The Morgan fingerprint density at radius 1 is 0.957 bits per heavy atom. The topological polar surface area (TPSA) is 218 Å². The van der Waals surface area contributed by atoms with Crippen molar-refractivity contribution < 1.29 is 34.1 Å². The van der Waals surface area contributed by atoms with Gasteiger partial charge in [0.1, 0.15) is 30.8 Å². The van der Waals surface area contributed by atoms with Crippen molar-refractivity contribution in [1.82, 2.24) is 40.7 Å². The maximum Gasteiger partial charge on any atom is 0.253 e. The molecule has 3 amide bonds. The van der Waals surface area contributed by atoms with E-state index in [1.165, 1.54) is 0 Å². The highest BCUT2D eigenvalue weighted by Crippen LogP contribution is 2.55. The Bertz CT molecular complexity index is 2500. The minimum Gasteiger partial charge on any atom is -0.473 e. The zero-order valence-corrected chi connectivity index (χ0v) is 43.0. The lowest BCUT2D eigenvalue weighted by atomic mass is 9.49. The first-order valence-electron chi connectivity index (χ1n) is 24.2. The fourth-order valence-corrected chi connectivity index (χ4v) is 11.4. The highest BCUT2D eigenvalue weighted by atomic mass is 32.1. The maximum absolute atomic E-state index is 13.7. The molecular weight excluding hydrogens is 909 g/mol. The number of aromatic nitrogens is 3. The largest absolute Gasteiger partial charge is 0.473 e. The molecule has 18 heteroatoms. The van der Waals surface area contributed by atoms with Crippen molar-refractivity contribution in [3.8, 4) is 22.4 Å². The molecule has 7 rings (SSSR count). The highest BCUT2D eigenvalue weighted by molar-refractivity contribution is 7.13. The molecule has 1 aliphatic carbocycles. The summed E-state index contributed by atoms with van der Waals surface area (Å²) in [5.41, 5.74) is 4.98. The Kier molecular flexibility index (Phi) is 16.0. The van der Waals surface area contributed by atoms with Crippen LogP contribution in [0.3, 0.4) is 0 Å². The fraction of sp³-hybridized carbons (Fsp3) is 0.558. The second-order valence-electron chi connectivity index (χ2n) is 21.3. The molecule has 3 aromatic heterocycles. The standard InChI is InChI=1S/C52H70N10O7S/c1-31(34-11-13-35(14-12-34)43-33(3)55-30-70-43)57-46(66)39-25-38(63)28-62(39)47(67)44(50(4,5)6)58-41(64)29-68-24-23-60-19-21-61(22-20-60)40-17-15-37(27-54-40)45(65)59-48-51(7,8)49(52(48,9)10)69-42-18-16-36(26-53)32(2)56-42/h11-18,27,30-31,38-39,44,47-49,63,67H,19-25,28-29H2,1-10H3,(H,57,66)(H,58,64)(H,59,65)/t31-,38+,39-,44+,47?,48?,49?/m0/s1. The number of nitrogens with zero attached hydrogens (tertiary/aromatic N) is 7. The zero-order valence-electron chi connectivity index (χ0n) is 42.2. The molecule has 5 atom stereocenters. The van der Waals surface area contributed by atoms with E-state index in [9.17, 15) is 29.9 Å². The molecule has 3 aliphatic rings. The summed E-state index contributed by atoms with van der Waals surface area (Å²) in [7, 11) is 0. The average Bonchev–Trinajstić information content (AvgIpc) is 3.95. The van der Waals surface area contributed by atoms with Crippen LogP contribution in [0.15, 0.2) is 60.2 Å². The number of piperazine rings is 1. The molecule has 2 aliphatic heterocycles. The van der Waals surface area contributed by atoms with Gasteiger partial charge in [0.05, 0.1) is 63.7 Å². The molecule has 1 unspecified atom stereocenters. The molecule has 3 fully saturated rings. The molecule has 1 saturated carbocycles. The predicted molar refractivity (Wildman–Crippen MR) is 268 cm³/mol.